The molecule has 3 rings (SSSR count). The molecule has 4 nitrogen and oxygen atoms in total. The molecular weight excluding hydrogens is 310 g/mol. The van der Waals surface area contributed by atoms with Crippen LogP contribution in [0.3, 0.4) is 0 Å². The summed E-state index contributed by atoms with van der Waals surface area (Å²) in [7, 11) is 0. The predicted octanol–water partition coefficient (Wildman–Crippen LogP) is 3.85. The van der Waals surface area contributed by atoms with Crippen molar-refractivity contribution in [1.29, 1.82) is 0 Å². The molecule has 4 heteroatoms. The lowest BCUT2D eigenvalue weighted by molar-refractivity contribution is -0.00524. The lowest BCUT2D eigenvalue weighted by Gasteiger charge is -2.38. The van der Waals surface area contributed by atoms with Gasteiger partial charge in [-0.2, -0.15) is 0 Å². The second kappa shape index (κ2) is 7.96. The third-order valence-electron chi connectivity index (χ3n) is 5.99. The van der Waals surface area contributed by atoms with Crippen LogP contribution < -0.4 is 16.0 Å². The van der Waals surface area contributed by atoms with Crippen molar-refractivity contribution in [2.45, 2.75) is 71.6 Å². The molecule has 1 aliphatic carbocycles. The predicted molar refractivity (Wildman–Crippen MR) is 107 cm³/mol. The number of hydrogen-bond acceptors (Lipinski definition) is 4. The van der Waals surface area contributed by atoms with E-state index >= 15 is 0 Å². The quantitative estimate of drug-likeness (QED) is 0.870. The van der Waals surface area contributed by atoms with Gasteiger partial charge in [-0.15, -0.1) is 0 Å². The van der Waals surface area contributed by atoms with Gasteiger partial charge in [0, 0.05) is 37.1 Å². The molecule has 2 aliphatic rings. The van der Waals surface area contributed by atoms with Gasteiger partial charge in [-0.3, -0.25) is 0 Å². The fourth-order valence-corrected chi connectivity index (χ4v) is 4.36. The van der Waals surface area contributed by atoms with Crippen molar-refractivity contribution in [2.75, 3.05) is 29.9 Å². The van der Waals surface area contributed by atoms with Gasteiger partial charge < -0.3 is 20.7 Å². The number of ether oxygens (including phenoxy) is 1. The van der Waals surface area contributed by atoms with Crippen LogP contribution in [0.4, 0.5) is 11.4 Å². The van der Waals surface area contributed by atoms with Gasteiger partial charge in [0.25, 0.3) is 0 Å². The van der Waals surface area contributed by atoms with Crippen molar-refractivity contribution < 1.29 is 4.74 Å². The van der Waals surface area contributed by atoms with Crippen molar-refractivity contribution in [3.8, 4) is 0 Å². The van der Waals surface area contributed by atoms with Gasteiger partial charge in [0.2, 0.25) is 0 Å². The molecule has 0 spiro atoms. The highest BCUT2D eigenvalue weighted by atomic mass is 16.5. The smallest absolute Gasteiger partial charge is 0.0726 e. The van der Waals surface area contributed by atoms with Gasteiger partial charge in [0.1, 0.15) is 0 Å². The normalized spacial score (nSPS) is 30.4. The Bertz CT molecular complexity index is 571. The van der Waals surface area contributed by atoms with Crippen LogP contribution in [-0.2, 0) is 4.74 Å². The van der Waals surface area contributed by atoms with E-state index in [9.17, 15) is 0 Å². The molecule has 1 aromatic carbocycles. The Morgan fingerprint density at radius 2 is 1.68 bits per heavy atom. The molecule has 1 saturated carbocycles. The molecule has 2 atom stereocenters. The Morgan fingerprint density at radius 3 is 2.32 bits per heavy atom. The average Bonchev–Trinajstić information content (AvgIpc) is 2.57. The number of morpholine rings is 1. The first-order valence-corrected chi connectivity index (χ1v) is 9.94. The largest absolute Gasteiger partial charge is 0.385 e. The highest BCUT2D eigenvalue weighted by Gasteiger charge is 2.24. The Morgan fingerprint density at radius 1 is 1.04 bits per heavy atom. The molecule has 3 N–H and O–H groups in total. The van der Waals surface area contributed by atoms with Crippen molar-refractivity contribution in [3.63, 3.8) is 0 Å². The summed E-state index contributed by atoms with van der Waals surface area (Å²) in [4.78, 5) is 2.48. The summed E-state index contributed by atoms with van der Waals surface area (Å²) < 4.78 is 5.88. The zero-order valence-electron chi connectivity index (χ0n) is 16.3. The Labute approximate surface area is 153 Å². The minimum Gasteiger partial charge on any atom is -0.385 e. The SMILES string of the molecule is Cc1c(NCC2CCC(N)CC2)ccc(N2C[C@@H](C)O[C@H](C)C2)c1C. The minimum absolute atomic E-state index is 0.291. The van der Waals surface area contributed by atoms with Gasteiger partial charge in [0.15, 0.2) is 0 Å². The zero-order valence-corrected chi connectivity index (χ0v) is 16.3. The molecule has 0 unspecified atom stereocenters. The van der Waals surface area contributed by atoms with E-state index in [1.807, 2.05) is 0 Å². The third kappa shape index (κ3) is 4.48. The third-order valence-corrected chi connectivity index (χ3v) is 5.99. The highest BCUT2D eigenvalue weighted by molar-refractivity contribution is 5.66. The van der Waals surface area contributed by atoms with Crippen LogP contribution in [0.15, 0.2) is 12.1 Å². The van der Waals surface area contributed by atoms with E-state index in [0.717, 1.165) is 25.6 Å². The summed E-state index contributed by atoms with van der Waals surface area (Å²) in [5, 5.41) is 3.70. The fraction of sp³-hybridized carbons (Fsp3) is 0.714. The van der Waals surface area contributed by atoms with Crippen molar-refractivity contribution in [2.24, 2.45) is 11.7 Å². The molecule has 1 aromatic rings. The topological polar surface area (TPSA) is 50.5 Å². The van der Waals surface area contributed by atoms with Gasteiger partial charge in [-0.1, -0.05) is 0 Å². The van der Waals surface area contributed by atoms with Crippen LogP contribution in [-0.4, -0.2) is 37.9 Å². The lowest BCUT2D eigenvalue weighted by Crippen LogP contribution is -2.45. The molecule has 140 valence electrons. The summed E-state index contributed by atoms with van der Waals surface area (Å²) in [6, 6.07) is 4.97. The van der Waals surface area contributed by atoms with E-state index in [1.165, 1.54) is 48.2 Å². The number of nitrogens with two attached hydrogens (primary N) is 1. The van der Waals surface area contributed by atoms with E-state index in [-0.39, 0.29) is 0 Å². The van der Waals surface area contributed by atoms with Gasteiger partial charge in [-0.05, 0) is 82.6 Å². The van der Waals surface area contributed by atoms with Crippen LogP contribution in [0.25, 0.3) is 0 Å². The van der Waals surface area contributed by atoms with E-state index < -0.39 is 0 Å². The number of hydrogen-bond donors (Lipinski definition) is 2. The summed E-state index contributed by atoms with van der Waals surface area (Å²) in [5.41, 5.74) is 11.4. The average molecular weight is 346 g/mol. The van der Waals surface area contributed by atoms with Gasteiger partial charge in [0.05, 0.1) is 12.2 Å². The van der Waals surface area contributed by atoms with Crippen LogP contribution >= 0.6 is 0 Å². The Kier molecular flexibility index (Phi) is 5.90. The van der Waals surface area contributed by atoms with Crippen LogP contribution in [0.5, 0.6) is 0 Å². The van der Waals surface area contributed by atoms with E-state index in [0.29, 0.717) is 18.2 Å². The van der Waals surface area contributed by atoms with E-state index in [1.54, 1.807) is 0 Å². The number of benzene rings is 1. The van der Waals surface area contributed by atoms with E-state index in [4.69, 9.17) is 10.5 Å². The van der Waals surface area contributed by atoms with Crippen LogP contribution in [0.1, 0.15) is 50.7 Å². The maximum Gasteiger partial charge on any atom is 0.0726 e. The summed E-state index contributed by atoms with van der Waals surface area (Å²) in [5.74, 6) is 0.764. The first kappa shape index (κ1) is 18.5. The molecule has 1 aliphatic heterocycles. The molecule has 0 bridgehead atoms. The maximum absolute atomic E-state index is 6.02. The second-order valence-corrected chi connectivity index (χ2v) is 8.21. The number of nitrogens with zero attached hydrogens (tertiary/aromatic N) is 1. The monoisotopic (exact) mass is 345 g/mol. The summed E-state index contributed by atoms with van der Waals surface area (Å²) in [6.07, 6.45) is 5.45. The highest BCUT2D eigenvalue weighted by Crippen LogP contribution is 2.31. The molecule has 25 heavy (non-hydrogen) atoms. The number of anilines is 2. The standard InChI is InChI=1S/C21H35N3O/c1-14-12-24(13-15(2)25-14)21-10-9-20(16(3)17(21)4)23-11-18-5-7-19(22)8-6-18/h9-10,14-15,18-19,23H,5-8,11-13,22H2,1-4H3/t14-,15-,18?,19?/m1/s1. The van der Waals surface area contributed by atoms with Crippen molar-refractivity contribution in [3.05, 3.63) is 23.3 Å². The van der Waals surface area contributed by atoms with E-state index in [2.05, 4.69) is 50.0 Å². The fourth-order valence-electron chi connectivity index (χ4n) is 4.36. The number of rotatable bonds is 4. The molecule has 0 amide bonds. The molecule has 0 radical (unpaired) electrons. The number of nitrogens with one attached hydrogen (secondary N) is 1. The Balaban J connectivity index is 1.66. The molecule has 1 saturated heterocycles. The maximum atomic E-state index is 6.02. The molecule has 1 heterocycles. The second-order valence-electron chi connectivity index (χ2n) is 8.21. The zero-order chi connectivity index (χ0) is 18.0. The molecule has 0 aromatic heterocycles. The summed E-state index contributed by atoms with van der Waals surface area (Å²) in [6.45, 7) is 11.8. The van der Waals surface area contributed by atoms with Crippen LogP contribution in [0, 0.1) is 19.8 Å². The van der Waals surface area contributed by atoms with Crippen LogP contribution in [0.2, 0.25) is 0 Å². The molecule has 2 fully saturated rings. The minimum atomic E-state index is 0.291. The Hall–Kier alpha value is -1.26. The van der Waals surface area contributed by atoms with Gasteiger partial charge >= 0.3 is 0 Å². The van der Waals surface area contributed by atoms with Crippen molar-refractivity contribution >= 4 is 11.4 Å². The van der Waals surface area contributed by atoms with Gasteiger partial charge in [-0.25, -0.2) is 0 Å². The molecular formula is C21H35N3O. The lowest BCUT2D eigenvalue weighted by atomic mass is 9.86. The van der Waals surface area contributed by atoms with Crippen molar-refractivity contribution in [1.82, 2.24) is 0 Å². The summed E-state index contributed by atoms with van der Waals surface area (Å²) >= 11 is 0. The first-order valence-electron chi connectivity index (χ1n) is 9.94. The first-order chi connectivity index (χ1) is 11.9.